The highest BCUT2D eigenvalue weighted by Gasteiger charge is 2.29. The zero-order chi connectivity index (χ0) is 16.5. The molecule has 2 heterocycles. The number of amides is 2. The first-order valence-corrected chi connectivity index (χ1v) is 7.83. The minimum absolute atomic E-state index is 0.466. The van der Waals surface area contributed by atoms with Crippen LogP contribution in [0.3, 0.4) is 0 Å². The molecule has 0 spiro atoms. The van der Waals surface area contributed by atoms with E-state index in [1.54, 1.807) is 18.2 Å². The molecule has 6 nitrogen and oxygen atoms in total. The lowest BCUT2D eigenvalue weighted by atomic mass is 10.2. The summed E-state index contributed by atoms with van der Waals surface area (Å²) >= 11 is 0. The first-order chi connectivity index (χ1) is 11.7. The van der Waals surface area contributed by atoms with Crippen LogP contribution in [0.1, 0.15) is 5.56 Å². The first-order valence-electron chi connectivity index (χ1n) is 7.83. The largest absolute Gasteiger partial charge is 0.486 e. The third-order valence-electron chi connectivity index (χ3n) is 4.13. The topological polar surface area (TPSA) is 67.9 Å². The molecule has 0 saturated heterocycles. The van der Waals surface area contributed by atoms with E-state index < -0.39 is 11.8 Å². The predicted octanol–water partition coefficient (Wildman–Crippen LogP) is 1.99. The Hall–Kier alpha value is -3.02. The van der Waals surface area contributed by atoms with Gasteiger partial charge in [0.05, 0.1) is 0 Å². The van der Waals surface area contributed by atoms with Crippen molar-refractivity contribution in [2.24, 2.45) is 0 Å². The van der Waals surface area contributed by atoms with Crippen molar-refractivity contribution >= 4 is 23.2 Å². The number of nitrogens with one attached hydrogen (secondary N) is 1. The van der Waals surface area contributed by atoms with Crippen molar-refractivity contribution in [3.05, 3.63) is 48.0 Å². The summed E-state index contributed by atoms with van der Waals surface area (Å²) in [6.07, 6.45) is 0.763. The van der Waals surface area contributed by atoms with Crippen molar-refractivity contribution in [1.29, 1.82) is 0 Å². The number of para-hydroxylation sites is 1. The monoisotopic (exact) mass is 324 g/mol. The van der Waals surface area contributed by atoms with Crippen molar-refractivity contribution in [2.45, 2.75) is 6.42 Å². The van der Waals surface area contributed by atoms with E-state index in [9.17, 15) is 9.59 Å². The molecule has 1 N–H and O–H groups in total. The van der Waals surface area contributed by atoms with Crippen LogP contribution < -0.4 is 19.7 Å². The Bertz CT molecular complexity index is 818. The van der Waals surface area contributed by atoms with Crippen molar-refractivity contribution in [2.75, 3.05) is 30.0 Å². The average Bonchev–Trinajstić information content (AvgIpc) is 3.05. The van der Waals surface area contributed by atoms with Crippen LogP contribution in [0, 0.1) is 0 Å². The molecule has 6 heteroatoms. The van der Waals surface area contributed by atoms with Crippen LogP contribution in [-0.2, 0) is 16.0 Å². The number of fused-ring (bicyclic) bond motifs is 2. The maximum atomic E-state index is 12.5. The molecule has 2 aromatic rings. The number of nitrogens with zero attached hydrogens (tertiary/aromatic N) is 1. The highest BCUT2D eigenvalue weighted by atomic mass is 16.6. The molecule has 0 radical (unpaired) electrons. The van der Waals surface area contributed by atoms with Crippen LogP contribution in [0.5, 0.6) is 11.5 Å². The number of carbonyl (C=O) groups excluding carboxylic acids is 2. The Morgan fingerprint density at radius 2 is 1.79 bits per heavy atom. The molecule has 0 aliphatic carbocycles. The van der Waals surface area contributed by atoms with Gasteiger partial charge in [-0.25, -0.2) is 0 Å². The van der Waals surface area contributed by atoms with Crippen LogP contribution in [-0.4, -0.2) is 31.6 Å². The molecule has 0 atom stereocenters. The van der Waals surface area contributed by atoms with Gasteiger partial charge < -0.3 is 19.7 Å². The molecule has 2 amide bonds. The molecule has 4 rings (SSSR count). The summed E-state index contributed by atoms with van der Waals surface area (Å²) in [5.74, 6) is -0.0183. The van der Waals surface area contributed by atoms with E-state index in [2.05, 4.69) is 5.32 Å². The fourth-order valence-electron chi connectivity index (χ4n) is 2.98. The summed E-state index contributed by atoms with van der Waals surface area (Å²) in [7, 11) is 0. The van der Waals surface area contributed by atoms with Gasteiger partial charge >= 0.3 is 11.8 Å². The lowest BCUT2D eigenvalue weighted by Crippen LogP contribution is -2.38. The number of carbonyl (C=O) groups is 2. The van der Waals surface area contributed by atoms with E-state index in [-0.39, 0.29) is 0 Å². The summed E-state index contributed by atoms with van der Waals surface area (Å²) < 4.78 is 10.9. The van der Waals surface area contributed by atoms with Crippen LogP contribution in [0.2, 0.25) is 0 Å². The van der Waals surface area contributed by atoms with Crippen molar-refractivity contribution in [3.8, 4) is 11.5 Å². The zero-order valence-corrected chi connectivity index (χ0v) is 13.0. The molecule has 2 aliphatic rings. The van der Waals surface area contributed by atoms with Crippen LogP contribution in [0.15, 0.2) is 42.5 Å². The molecule has 0 fully saturated rings. The van der Waals surface area contributed by atoms with Crippen LogP contribution >= 0.6 is 0 Å². The number of benzene rings is 2. The fourth-order valence-corrected chi connectivity index (χ4v) is 2.98. The average molecular weight is 324 g/mol. The number of hydrogen-bond acceptors (Lipinski definition) is 4. The maximum absolute atomic E-state index is 12.5. The molecule has 0 bridgehead atoms. The fraction of sp³-hybridized carbons (Fsp3) is 0.222. The second-order valence-corrected chi connectivity index (χ2v) is 5.65. The molecule has 2 aliphatic heterocycles. The van der Waals surface area contributed by atoms with Crippen molar-refractivity contribution in [1.82, 2.24) is 0 Å². The second-order valence-electron chi connectivity index (χ2n) is 5.65. The van der Waals surface area contributed by atoms with E-state index in [1.807, 2.05) is 24.3 Å². The van der Waals surface area contributed by atoms with Gasteiger partial charge in [0.25, 0.3) is 0 Å². The number of anilines is 2. The van der Waals surface area contributed by atoms with Gasteiger partial charge in [0.2, 0.25) is 0 Å². The minimum atomic E-state index is -0.664. The van der Waals surface area contributed by atoms with Gasteiger partial charge in [0.1, 0.15) is 13.2 Å². The third kappa shape index (κ3) is 2.56. The van der Waals surface area contributed by atoms with E-state index in [0.29, 0.717) is 36.9 Å². The molecular formula is C18H16N2O4. The Morgan fingerprint density at radius 3 is 2.67 bits per heavy atom. The Morgan fingerprint density at radius 1 is 1.00 bits per heavy atom. The lowest BCUT2D eigenvalue weighted by Gasteiger charge is -2.19. The predicted molar refractivity (Wildman–Crippen MR) is 88.6 cm³/mol. The number of hydrogen-bond donors (Lipinski definition) is 1. The van der Waals surface area contributed by atoms with Gasteiger partial charge in [-0.05, 0) is 30.2 Å². The van der Waals surface area contributed by atoms with E-state index in [1.165, 1.54) is 4.90 Å². The first kappa shape index (κ1) is 14.6. The maximum Gasteiger partial charge on any atom is 0.316 e. The molecule has 0 unspecified atom stereocenters. The summed E-state index contributed by atoms with van der Waals surface area (Å²) in [6, 6.07) is 12.7. The molecule has 122 valence electrons. The van der Waals surface area contributed by atoms with Gasteiger partial charge in [-0.1, -0.05) is 18.2 Å². The Labute approximate surface area is 139 Å². The summed E-state index contributed by atoms with van der Waals surface area (Å²) in [6.45, 7) is 1.49. The van der Waals surface area contributed by atoms with Crippen LogP contribution in [0.4, 0.5) is 11.4 Å². The van der Waals surface area contributed by atoms with Crippen LogP contribution in [0.25, 0.3) is 0 Å². The second kappa shape index (κ2) is 5.88. The summed E-state index contributed by atoms with van der Waals surface area (Å²) in [4.78, 5) is 26.3. The van der Waals surface area contributed by atoms with Gasteiger partial charge in [0, 0.05) is 24.0 Å². The summed E-state index contributed by atoms with van der Waals surface area (Å²) in [5, 5.41) is 2.63. The SMILES string of the molecule is O=C(Nc1ccc2c(c1)OCCO2)C(=O)N1CCc2ccccc21. The van der Waals surface area contributed by atoms with E-state index >= 15 is 0 Å². The van der Waals surface area contributed by atoms with Gasteiger partial charge in [-0.2, -0.15) is 0 Å². The van der Waals surface area contributed by atoms with Gasteiger partial charge in [0.15, 0.2) is 11.5 Å². The van der Waals surface area contributed by atoms with Gasteiger partial charge in [-0.3, -0.25) is 9.59 Å². The smallest absolute Gasteiger partial charge is 0.316 e. The molecule has 24 heavy (non-hydrogen) atoms. The summed E-state index contributed by atoms with van der Waals surface area (Å²) in [5.41, 5.74) is 2.39. The normalized spacial score (nSPS) is 14.9. The Balaban J connectivity index is 1.49. The standard InChI is InChI=1S/C18H16N2O4/c21-17(18(22)20-8-7-12-3-1-2-4-14(12)20)19-13-5-6-15-16(11-13)24-10-9-23-15/h1-6,11H,7-10H2,(H,19,21). The molecular weight excluding hydrogens is 308 g/mol. The molecule has 0 saturated carbocycles. The van der Waals surface area contributed by atoms with E-state index in [4.69, 9.17) is 9.47 Å². The highest BCUT2D eigenvalue weighted by Crippen LogP contribution is 2.33. The lowest BCUT2D eigenvalue weighted by molar-refractivity contribution is -0.134. The Kier molecular flexibility index (Phi) is 3.57. The molecule has 0 aromatic heterocycles. The molecule has 2 aromatic carbocycles. The van der Waals surface area contributed by atoms with Gasteiger partial charge in [-0.15, -0.1) is 0 Å². The number of rotatable bonds is 1. The quantitative estimate of drug-likeness (QED) is 0.815. The highest BCUT2D eigenvalue weighted by molar-refractivity contribution is 6.44. The minimum Gasteiger partial charge on any atom is -0.486 e. The third-order valence-corrected chi connectivity index (χ3v) is 4.13. The van der Waals surface area contributed by atoms with E-state index in [0.717, 1.165) is 17.7 Å². The van der Waals surface area contributed by atoms with Crippen molar-refractivity contribution < 1.29 is 19.1 Å². The van der Waals surface area contributed by atoms with Crippen molar-refractivity contribution in [3.63, 3.8) is 0 Å². The zero-order valence-electron chi connectivity index (χ0n) is 13.0. The number of ether oxygens (including phenoxy) is 2.